The van der Waals surface area contributed by atoms with Crippen molar-refractivity contribution in [3.8, 4) is 5.75 Å². The van der Waals surface area contributed by atoms with Crippen LogP contribution >= 0.6 is 11.6 Å². The molecule has 2 heterocycles. The Balaban J connectivity index is 1.71. The maximum absolute atomic E-state index is 6.18. The molecule has 4 heteroatoms. The number of hydrogen-bond acceptors (Lipinski definition) is 2. The predicted octanol–water partition coefficient (Wildman–Crippen LogP) is 4.62. The first-order valence-corrected chi connectivity index (χ1v) is 8.51. The maximum atomic E-state index is 6.18. The summed E-state index contributed by atoms with van der Waals surface area (Å²) in [6.45, 7) is 5.14. The zero-order chi connectivity index (χ0) is 16.5. The number of ether oxygens (including phenoxy) is 1. The van der Waals surface area contributed by atoms with E-state index >= 15 is 0 Å². The van der Waals surface area contributed by atoms with Crippen molar-refractivity contribution in [2.45, 2.75) is 12.5 Å². The van der Waals surface area contributed by atoms with Gasteiger partial charge in [-0.05, 0) is 47.9 Å². The minimum absolute atomic E-state index is 0.161. The molecule has 1 unspecified atom stereocenters. The van der Waals surface area contributed by atoms with Crippen LogP contribution in [0.15, 0.2) is 55.1 Å². The normalized spacial score (nSPS) is 16.8. The Morgan fingerprint density at radius 2 is 2.04 bits per heavy atom. The van der Waals surface area contributed by atoms with Crippen LogP contribution in [0.3, 0.4) is 0 Å². The SMILES string of the molecule is C=CCOc1ccc(C2NCCc3c2[nH]c2ccc(Cl)cc32)cc1. The lowest BCUT2D eigenvalue weighted by Gasteiger charge is -2.25. The van der Waals surface area contributed by atoms with Crippen molar-refractivity contribution in [3.05, 3.63) is 77.0 Å². The van der Waals surface area contributed by atoms with Crippen molar-refractivity contribution < 1.29 is 4.74 Å². The zero-order valence-electron chi connectivity index (χ0n) is 13.3. The average molecular weight is 339 g/mol. The van der Waals surface area contributed by atoms with E-state index in [9.17, 15) is 0 Å². The molecule has 1 aromatic heterocycles. The summed E-state index contributed by atoms with van der Waals surface area (Å²) in [4.78, 5) is 3.58. The molecule has 24 heavy (non-hydrogen) atoms. The van der Waals surface area contributed by atoms with E-state index in [0.29, 0.717) is 6.61 Å². The Labute approximate surface area is 146 Å². The predicted molar refractivity (Wildman–Crippen MR) is 99.0 cm³/mol. The maximum Gasteiger partial charge on any atom is 0.119 e. The van der Waals surface area contributed by atoms with Gasteiger partial charge >= 0.3 is 0 Å². The van der Waals surface area contributed by atoms with Crippen molar-refractivity contribution in [2.75, 3.05) is 13.2 Å². The standard InChI is InChI=1S/C20H19ClN2O/c1-2-11-24-15-6-3-13(4-7-15)19-20-16(9-10-22-19)17-12-14(21)5-8-18(17)23-20/h2-8,12,19,22-23H,1,9-11H2. The summed E-state index contributed by atoms with van der Waals surface area (Å²) in [6.07, 6.45) is 2.76. The van der Waals surface area contributed by atoms with Crippen molar-refractivity contribution >= 4 is 22.5 Å². The highest BCUT2D eigenvalue weighted by Crippen LogP contribution is 2.34. The van der Waals surface area contributed by atoms with Crippen LogP contribution in [-0.2, 0) is 6.42 Å². The van der Waals surface area contributed by atoms with Crippen LogP contribution in [0.1, 0.15) is 22.9 Å². The molecule has 1 atom stereocenters. The first kappa shape index (κ1) is 15.3. The van der Waals surface area contributed by atoms with Crippen molar-refractivity contribution in [2.24, 2.45) is 0 Å². The van der Waals surface area contributed by atoms with Crippen LogP contribution in [-0.4, -0.2) is 18.1 Å². The number of fused-ring (bicyclic) bond motifs is 3. The molecule has 122 valence electrons. The molecule has 4 rings (SSSR count). The zero-order valence-corrected chi connectivity index (χ0v) is 14.1. The highest BCUT2D eigenvalue weighted by molar-refractivity contribution is 6.31. The molecule has 2 N–H and O–H groups in total. The van der Waals surface area contributed by atoms with Gasteiger partial charge < -0.3 is 15.0 Å². The Hall–Kier alpha value is -2.23. The highest BCUT2D eigenvalue weighted by atomic mass is 35.5. The summed E-state index contributed by atoms with van der Waals surface area (Å²) < 4.78 is 5.57. The quantitative estimate of drug-likeness (QED) is 0.681. The molecular weight excluding hydrogens is 320 g/mol. The van der Waals surface area contributed by atoms with E-state index in [1.54, 1.807) is 6.08 Å². The second-order valence-corrected chi connectivity index (χ2v) is 6.45. The van der Waals surface area contributed by atoms with Crippen LogP contribution in [0.2, 0.25) is 5.02 Å². The van der Waals surface area contributed by atoms with Crippen molar-refractivity contribution in [1.29, 1.82) is 0 Å². The number of aromatic amines is 1. The van der Waals surface area contributed by atoms with Gasteiger partial charge in [0.1, 0.15) is 12.4 Å². The van der Waals surface area contributed by atoms with E-state index in [1.807, 2.05) is 18.2 Å². The molecule has 0 fully saturated rings. The van der Waals surface area contributed by atoms with Gasteiger partial charge in [0.15, 0.2) is 0 Å². The Kier molecular flexibility index (Phi) is 4.05. The summed E-state index contributed by atoms with van der Waals surface area (Å²) in [5, 5.41) is 5.62. The number of benzene rings is 2. The van der Waals surface area contributed by atoms with Gasteiger partial charge in [0.25, 0.3) is 0 Å². The van der Waals surface area contributed by atoms with E-state index in [2.05, 4.69) is 41.1 Å². The fourth-order valence-corrected chi connectivity index (χ4v) is 3.57. The first-order valence-electron chi connectivity index (χ1n) is 8.13. The Bertz CT molecular complexity index is 883. The molecule has 1 aliphatic rings. The van der Waals surface area contributed by atoms with Gasteiger partial charge in [-0.3, -0.25) is 0 Å². The summed E-state index contributed by atoms with van der Waals surface area (Å²) in [7, 11) is 0. The van der Waals surface area contributed by atoms with Crippen LogP contribution < -0.4 is 10.1 Å². The molecule has 0 bridgehead atoms. The Morgan fingerprint density at radius 1 is 1.21 bits per heavy atom. The van der Waals surface area contributed by atoms with Gasteiger partial charge in [0, 0.05) is 28.2 Å². The van der Waals surface area contributed by atoms with Crippen molar-refractivity contribution in [1.82, 2.24) is 10.3 Å². The smallest absolute Gasteiger partial charge is 0.119 e. The van der Waals surface area contributed by atoms with E-state index in [1.165, 1.54) is 22.2 Å². The fourth-order valence-electron chi connectivity index (χ4n) is 3.40. The number of halogens is 1. The first-order chi connectivity index (χ1) is 11.8. The van der Waals surface area contributed by atoms with E-state index < -0.39 is 0 Å². The monoisotopic (exact) mass is 338 g/mol. The molecular formula is C20H19ClN2O. The lowest BCUT2D eigenvalue weighted by molar-refractivity contribution is 0.363. The second-order valence-electron chi connectivity index (χ2n) is 6.01. The van der Waals surface area contributed by atoms with E-state index in [0.717, 1.165) is 29.3 Å². The van der Waals surface area contributed by atoms with Crippen LogP contribution in [0, 0.1) is 0 Å². The highest BCUT2D eigenvalue weighted by Gasteiger charge is 2.25. The Morgan fingerprint density at radius 3 is 2.83 bits per heavy atom. The minimum atomic E-state index is 0.161. The summed E-state index contributed by atoms with van der Waals surface area (Å²) in [5.74, 6) is 0.859. The van der Waals surface area contributed by atoms with Crippen LogP contribution in [0.25, 0.3) is 10.9 Å². The summed E-state index contributed by atoms with van der Waals surface area (Å²) in [5.41, 5.74) is 4.96. The van der Waals surface area contributed by atoms with Crippen LogP contribution in [0.5, 0.6) is 5.75 Å². The number of nitrogens with one attached hydrogen (secondary N) is 2. The molecule has 0 saturated carbocycles. The summed E-state index contributed by atoms with van der Waals surface area (Å²) in [6, 6.07) is 14.4. The summed E-state index contributed by atoms with van der Waals surface area (Å²) >= 11 is 6.18. The number of aromatic nitrogens is 1. The molecule has 0 amide bonds. The molecule has 1 aliphatic heterocycles. The van der Waals surface area contributed by atoms with Crippen molar-refractivity contribution in [3.63, 3.8) is 0 Å². The molecule has 2 aromatic carbocycles. The lowest BCUT2D eigenvalue weighted by atomic mass is 9.94. The van der Waals surface area contributed by atoms with Gasteiger partial charge in [0.2, 0.25) is 0 Å². The number of H-pyrrole nitrogens is 1. The molecule has 0 saturated heterocycles. The molecule has 0 spiro atoms. The largest absolute Gasteiger partial charge is 0.490 e. The number of rotatable bonds is 4. The fraction of sp³-hybridized carbons (Fsp3) is 0.200. The van der Waals surface area contributed by atoms with Crippen LogP contribution in [0.4, 0.5) is 0 Å². The van der Waals surface area contributed by atoms with Gasteiger partial charge in [-0.15, -0.1) is 0 Å². The molecule has 3 nitrogen and oxygen atoms in total. The second kappa shape index (κ2) is 6.34. The molecule has 3 aromatic rings. The van der Waals surface area contributed by atoms with E-state index in [-0.39, 0.29) is 6.04 Å². The average Bonchev–Trinajstić information content (AvgIpc) is 2.98. The molecule has 0 aliphatic carbocycles. The van der Waals surface area contributed by atoms with Gasteiger partial charge in [-0.25, -0.2) is 0 Å². The minimum Gasteiger partial charge on any atom is -0.490 e. The van der Waals surface area contributed by atoms with Gasteiger partial charge in [-0.2, -0.15) is 0 Å². The number of hydrogen-bond donors (Lipinski definition) is 2. The van der Waals surface area contributed by atoms with E-state index in [4.69, 9.17) is 16.3 Å². The third-order valence-corrected chi connectivity index (χ3v) is 4.73. The van der Waals surface area contributed by atoms with Gasteiger partial charge in [-0.1, -0.05) is 36.4 Å². The molecule has 0 radical (unpaired) electrons. The topological polar surface area (TPSA) is 37.0 Å². The lowest BCUT2D eigenvalue weighted by Crippen LogP contribution is -2.30. The third-order valence-electron chi connectivity index (χ3n) is 4.49. The van der Waals surface area contributed by atoms with Gasteiger partial charge in [0.05, 0.1) is 6.04 Å². The third kappa shape index (κ3) is 2.70.